The van der Waals surface area contributed by atoms with E-state index in [1.807, 2.05) is 31.2 Å². The van der Waals surface area contributed by atoms with Gasteiger partial charge in [-0.05, 0) is 24.4 Å². The van der Waals surface area contributed by atoms with E-state index in [2.05, 4.69) is 0 Å². The summed E-state index contributed by atoms with van der Waals surface area (Å²) < 4.78 is 1.51. The summed E-state index contributed by atoms with van der Waals surface area (Å²) in [4.78, 5) is 26.0. The van der Waals surface area contributed by atoms with Gasteiger partial charge in [-0.2, -0.15) is 0 Å². The van der Waals surface area contributed by atoms with Crippen molar-refractivity contribution in [2.75, 3.05) is 13.6 Å². The number of rotatable bonds is 4. The van der Waals surface area contributed by atoms with Gasteiger partial charge in [0.1, 0.15) is 6.54 Å². The lowest BCUT2D eigenvalue weighted by molar-refractivity contribution is -0.130. The molecular weight excluding hydrogens is 254 g/mol. The molecule has 0 aliphatic heterocycles. The molecule has 0 radical (unpaired) electrons. The molecule has 2 aromatic rings. The summed E-state index contributed by atoms with van der Waals surface area (Å²) in [6, 6.07) is 9.31. The van der Waals surface area contributed by atoms with Crippen molar-refractivity contribution < 1.29 is 4.79 Å². The lowest BCUT2D eigenvalue weighted by Crippen LogP contribution is -2.35. The van der Waals surface area contributed by atoms with Crippen molar-refractivity contribution in [3.05, 3.63) is 46.2 Å². The third-order valence-electron chi connectivity index (χ3n) is 3.49. The third-order valence-corrected chi connectivity index (χ3v) is 3.49. The zero-order valence-corrected chi connectivity index (χ0v) is 11.8. The fraction of sp³-hybridized carbons (Fsp3) is 0.333. The SMILES string of the molecule is CCN(C)C(=O)Cn1c(=O)c(CN)cc2ccccc21. The second kappa shape index (κ2) is 5.88. The Kier molecular flexibility index (Phi) is 4.20. The molecule has 0 fully saturated rings. The summed E-state index contributed by atoms with van der Waals surface area (Å²) >= 11 is 0. The largest absolute Gasteiger partial charge is 0.344 e. The van der Waals surface area contributed by atoms with Gasteiger partial charge in [-0.15, -0.1) is 0 Å². The Morgan fingerprint density at radius 3 is 2.70 bits per heavy atom. The molecule has 1 aromatic heterocycles. The molecule has 1 amide bonds. The number of benzene rings is 1. The molecule has 0 saturated heterocycles. The van der Waals surface area contributed by atoms with Gasteiger partial charge >= 0.3 is 0 Å². The highest BCUT2D eigenvalue weighted by atomic mass is 16.2. The number of hydrogen-bond donors (Lipinski definition) is 1. The number of likely N-dealkylation sites (N-methyl/N-ethyl adjacent to an activating group) is 1. The average molecular weight is 273 g/mol. The minimum atomic E-state index is -0.191. The fourth-order valence-corrected chi connectivity index (χ4v) is 2.12. The van der Waals surface area contributed by atoms with E-state index < -0.39 is 0 Å². The summed E-state index contributed by atoms with van der Waals surface area (Å²) in [5.74, 6) is -0.0890. The second-order valence-corrected chi connectivity index (χ2v) is 4.73. The number of amides is 1. The number of carbonyl (C=O) groups excluding carboxylic acids is 1. The Labute approximate surface area is 117 Å². The van der Waals surface area contributed by atoms with Crippen LogP contribution in [0.1, 0.15) is 12.5 Å². The minimum absolute atomic E-state index is 0.0392. The van der Waals surface area contributed by atoms with Crippen molar-refractivity contribution in [1.29, 1.82) is 0 Å². The van der Waals surface area contributed by atoms with Gasteiger partial charge in [0.2, 0.25) is 5.91 Å². The zero-order chi connectivity index (χ0) is 14.7. The Bertz CT molecular complexity index is 691. The molecule has 2 rings (SSSR count). The number of nitrogens with zero attached hydrogens (tertiary/aromatic N) is 2. The van der Waals surface area contributed by atoms with E-state index in [0.29, 0.717) is 12.1 Å². The van der Waals surface area contributed by atoms with Crippen LogP contribution in [0.5, 0.6) is 0 Å². The van der Waals surface area contributed by atoms with Crippen LogP contribution in [-0.4, -0.2) is 29.0 Å². The van der Waals surface area contributed by atoms with Crippen molar-refractivity contribution in [3.8, 4) is 0 Å². The number of fused-ring (bicyclic) bond motifs is 1. The number of pyridine rings is 1. The first-order valence-corrected chi connectivity index (χ1v) is 6.64. The number of nitrogens with two attached hydrogens (primary N) is 1. The maximum atomic E-state index is 12.4. The van der Waals surface area contributed by atoms with Crippen LogP contribution in [0.15, 0.2) is 35.1 Å². The van der Waals surface area contributed by atoms with Crippen LogP contribution >= 0.6 is 0 Å². The molecule has 0 bridgehead atoms. The van der Waals surface area contributed by atoms with E-state index in [1.54, 1.807) is 18.0 Å². The normalized spacial score (nSPS) is 10.8. The van der Waals surface area contributed by atoms with Crippen molar-refractivity contribution in [3.63, 3.8) is 0 Å². The quantitative estimate of drug-likeness (QED) is 0.901. The fourth-order valence-electron chi connectivity index (χ4n) is 2.12. The van der Waals surface area contributed by atoms with E-state index in [9.17, 15) is 9.59 Å². The molecule has 2 N–H and O–H groups in total. The molecule has 0 aliphatic rings. The summed E-state index contributed by atoms with van der Waals surface area (Å²) in [6.45, 7) is 2.72. The van der Waals surface area contributed by atoms with Crippen LogP contribution in [0.4, 0.5) is 0 Å². The van der Waals surface area contributed by atoms with Gasteiger partial charge in [0.05, 0.1) is 5.52 Å². The van der Waals surface area contributed by atoms with Gasteiger partial charge in [0.15, 0.2) is 0 Å². The minimum Gasteiger partial charge on any atom is -0.344 e. The highest BCUT2D eigenvalue weighted by molar-refractivity contribution is 5.82. The molecule has 106 valence electrons. The Morgan fingerprint density at radius 2 is 2.05 bits per heavy atom. The van der Waals surface area contributed by atoms with Crippen molar-refractivity contribution in [2.45, 2.75) is 20.0 Å². The monoisotopic (exact) mass is 273 g/mol. The third kappa shape index (κ3) is 2.58. The van der Waals surface area contributed by atoms with Crippen LogP contribution in [0.25, 0.3) is 10.9 Å². The number of hydrogen-bond acceptors (Lipinski definition) is 3. The van der Waals surface area contributed by atoms with Gasteiger partial charge in [0.25, 0.3) is 5.56 Å². The lowest BCUT2D eigenvalue weighted by atomic mass is 10.1. The van der Waals surface area contributed by atoms with Crippen molar-refractivity contribution in [1.82, 2.24) is 9.47 Å². The number of carbonyl (C=O) groups is 1. The first-order chi connectivity index (χ1) is 9.58. The van der Waals surface area contributed by atoms with Crippen LogP contribution in [0.2, 0.25) is 0 Å². The Hall–Kier alpha value is -2.14. The van der Waals surface area contributed by atoms with Gasteiger partial charge in [-0.1, -0.05) is 18.2 Å². The molecule has 0 saturated carbocycles. The van der Waals surface area contributed by atoms with Gasteiger partial charge < -0.3 is 10.6 Å². The molecule has 5 nitrogen and oxygen atoms in total. The predicted molar refractivity (Wildman–Crippen MR) is 79.4 cm³/mol. The first kappa shape index (κ1) is 14.3. The molecule has 1 heterocycles. The zero-order valence-electron chi connectivity index (χ0n) is 11.8. The Balaban J connectivity index is 2.58. The molecular formula is C15H19N3O2. The van der Waals surface area contributed by atoms with Crippen LogP contribution < -0.4 is 11.3 Å². The number of aromatic nitrogens is 1. The maximum Gasteiger partial charge on any atom is 0.256 e. The molecule has 20 heavy (non-hydrogen) atoms. The lowest BCUT2D eigenvalue weighted by Gasteiger charge is -2.17. The van der Waals surface area contributed by atoms with Gasteiger partial charge in [-0.3, -0.25) is 14.2 Å². The summed E-state index contributed by atoms with van der Waals surface area (Å²) in [5.41, 5.74) is 6.71. The van der Waals surface area contributed by atoms with Gasteiger partial charge in [-0.25, -0.2) is 0 Å². The van der Waals surface area contributed by atoms with Crippen molar-refractivity contribution in [2.24, 2.45) is 5.73 Å². The molecule has 0 atom stereocenters. The summed E-state index contributed by atoms with van der Waals surface area (Å²) in [7, 11) is 1.72. The number of para-hydroxylation sites is 1. The molecule has 5 heteroatoms. The van der Waals surface area contributed by atoms with E-state index in [-0.39, 0.29) is 24.6 Å². The molecule has 1 aromatic carbocycles. The summed E-state index contributed by atoms with van der Waals surface area (Å²) in [6.07, 6.45) is 0. The first-order valence-electron chi connectivity index (χ1n) is 6.64. The summed E-state index contributed by atoms with van der Waals surface area (Å²) in [5, 5.41) is 0.916. The molecule has 0 unspecified atom stereocenters. The highest BCUT2D eigenvalue weighted by Gasteiger charge is 2.13. The van der Waals surface area contributed by atoms with Gasteiger partial charge in [0, 0.05) is 25.7 Å². The molecule has 0 spiro atoms. The highest BCUT2D eigenvalue weighted by Crippen LogP contribution is 2.13. The standard InChI is InChI=1S/C15H19N3O2/c1-3-17(2)14(19)10-18-13-7-5-4-6-11(13)8-12(9-16)15(18)20/h4-8H,3,9-10,16H2,1-2H3. The van der Waals surface area contributed by atoms with Crippen LogP contribution in [0, 0.1) is 0 Å². The topological polar surface area (TPSA) is 68.3 Å². The van der Waals surface area contributed by atoms with E-state index in [0.717, 1.165) is 10.9 Å². The van der Waals surface area contributed by atoms with E-state index in [1.165, 1.54) is 4.57 Å². The second-order valence-electron chi connectivity index (χ2n) is 4.73. The van der Waals surface area contributed by atoms with E-state index in [4.69, 9.17) is 5.73 Å². The van der Waals surface area contributed by atoms with Crippen LogP contribution in [-0.2, 0) is 17.9 Å². The smallest absolute Gasteiger partial charge is 0.256 e. The average Bonchev–Trinajstić information content (AvgIpc) is 2.48. The predicted octanol–water partition coefficient (Wildman–Crippen LogP) is 0.939. The maximum absolute atomic E-state index is 12.4. The van der Waals surface area contributed by atoms with Crippen LogP contribution in [0.3, 0.4) is 0 Å². The molecule has 0 aliphatic carbocycles. The van der Waals surface area contributed by atoms with Crippen molar-refractivity contribution >= 4 is 16.8 Å². The van der Waals surface area contributed by atoms with E-state index >= 15 is 0 Å². The Morgan fingerprint density at radius 1 is 1.35 bits per heavy atom.